The van der Waals surface area contributed by atoms with E-state index in [-0.39, 0.29) is 18.0 Å². The number of likely N-dealkylation sites (N-methyl/N-ethyl adjacent to an activating group) is 1. The van der Waals surface area contributed by atoms with Gasteiger partial charge in [-0.25, -0.2) is 0 Å². The van der Waals surface area contributed by atoms with E-state index in [0.29, 0.717) is 11.7 Å². The van der Waals surface area contributed by atoms with Gasteiger partial charge in [0, 0.05) is 11.6 Å². The van der Waals surface area contributed by atoms with Gasteiger partial charge in [0.25, 0.3) is 5.91 Å². The molecule has 0 aromatic rings. The van der Waals surface area contributed by atoms with Gasteiger partial charge in [-0.3, -0.25) is 9.69 Å². The summed E-state index contributed by atoms with van der Waals surface area (Å²) in [6, 6.07) is 0.194. The van der Waals surface area contributed by atoms with Gasteiger partial charge < -0.3 is 10.4 Å². The summed E-state index contributed by atoms with van der Waals surface area (Å²) in [6.07, 6.45) is 8.44. The van der Waals surface area contributed by atoms with Crippen molar-refractivity contribution in [3.05, 3.63) is 46.9 Å². The van der Waals surface area contributed by atoms with Gasteiger partial charge in [-0.05, 0) is 24.1 Å². The Labute approximate surface area is 119 Å². The standard InChI is InChI=1S/C16H20N2O2/c1-4-9(2)14-15-12(16(20)17-14)7-10-5-6-11(19)8-13(10)18(15)3/h5-9,13-14,19H,4H2,1-3H3,(H,17,20)/p+1/t9-,13?,14+/m0/s1. The largest absolute Gasteiger partial charge is 0.508 e. The Morgan fingerprint density at radius 3 is 2.90 bits per heavy atom. The topological polar surface area (TPSA) is 53.8 Å². The monoisotopic (exact) mass is 273 g/mol. The fraction of sp³-hybridized carbons (Fsp3) is 0.438. The molecule has 0 spiro atoms. The fourth-order valence-electron chi connectivity index (χ4n) is 3.30. The smallest absolute Gasteiger partial charge is 0.257 e. The first kappa shape index (κ1) is 13.2. The fourth-order valence-corrected chi connectivity index (χ4v) is 3.30. The summed E-state index contributed by atoms with van der Waals surface area (Å²) in [4.78, 5) is 13.4. The summed E-state index contributed by atoms with van der Waals surface area (Å²) >= 11 is 0. The molecule has 0 aromatic carbocycles. The SMILES string of the molecule is CC[C@H](C)[C@H]1NC(=O)C2=C1[NH+](C)C1C=C(O)C=CC1=C2. The third kappa shape index (κ3) is 1.83. The zero-order valence-corrected chi connectivity index (χ0v) is 12.1. The number of amides is 1. The maximum absolute atomic E-state index is 12.2. The predicted octanol–water partition coefficient (Wildman–Crippen LogP) is 0.620. The van der Waals surface area contributed by atoms with Crippen LogP contribution in [0, 0.1) is 5.92 Å². The minimum absolute atomic E-state index is 0.0303. The van der Waals surface area contributed by atoms with E-state index in [9.17, 15) is 9.90 Å². The first-order valence-corrected chi connectivity index (χ1v) is 7.22. The van der Waals surface area contributed by atoms with E-state index < -0.39 is 0 Å². The number of aliphatic hydroxyl groups is 1. The molecule has 2 heterocycles. The van der Waals surface area contributed by atoms with Crippen LogP contribution in [0.2, 0.25) is 0 Å². The molecule has 0 radical (unpaired) electrons. The number of carbonyl (C=O) groups is 1. The van der Waals surface area contributed by atoms with Crippen LogP contribution in [0.25, 0.3) is 0 Å². The molecule has 0 fully saturated rings. The van der Waals surface area contributed by atoms with Crippen molar-refractivity contribution in [1.82, 2.24) is 5.32 Å². The molecular weight excluding hydrogens is 252 g/mol. The number of hydrogen-bond donors (Lipinski definition) is 3. The molecule has 3 N–H and O–H groups in total. The van der Waals surface area contributed by atoms with E-state index in [0.717, 1.165) is 23.3 Å². The Morgan fingerprint density at radius 2 is 2.20 bits per heavy atom. The minimum Gasteiger partial charge on any atom is -0.508 e. The summed E-state index contributed by atoms with van der Waals surface area (Å²) in [6.45, 7) is 4.31. The van der Waals surface area contributed by atoms with Gasteiger partial charge in [-0.1, -0.05) is 20.3 Å². The predicted molar refractivity (Wildman–Crippen MR) is 77.0 cm³/mol. The Bertz CT molecular complexity index is 583. The summed E-state index contributed by atoms with van der Waals surface area (Å²) < 4.78 is 0. The minimum atomic E-state index is 0.0303. The zero-order chi connectivity index (χ0) is 14.4. The lowest BCUT2D eigenvalue weighted by molar-refractivity contribution is -0.856. The first-order valence-electron chi connectivity index (χ1n) is 7.22. The van der Waals surface area contributed by atoms with Crippen LogP contribution in [0.15, 0.2) is 46.9 Å². The van der Waals surface area contributed by atoms with E-state index in [2.05, 4.69) is 26.2 Å². The van der Waals surface area contributed by atoms with E-state index in [1.54, 1.807) is 6.08 Å². The van der Waals surface area contributed by atoms with E-state index in [4.69, 9.17) is 0 Å². The maximum atomic E-state index is 12.2. The molecule has 1 aliphatic carbocycles. The summed E-state index contributed by atoms with van der Waals surface area (Å²) in [5, 5.41) is 12.8. The van der Waals surface area contributed by atoms with Crippen LogP contribution >= 0.6 is 0 Å². The molecule has 4 atom stereocenters. The number of carbonyl (C=O) groups excluding carboxylic acids is 1. The van der Waals surface area contributed by atoms with Gasteiger partial charge >= 0.3 is 0 Å². The summed E-state index contributed by atoms with van der Waals surface area (Å²) in [5.74, 6) is 0.740. The van der Waals surface area contributed by atoms with Crippen LogP contribution < -0.4 is 10.2 Å². The molecule has 4 nitrogen and oxygen atoms in total. The molecule has 3 rings (SSSR count). The number of rotatable bonds is 2. The molecule has 2 unspecified atom stereocenters. The second-order valence-corrected chi connectivity index (χ2v) is 5.89. The molecule has 0 aromatic heterocycles. The molecule has 0 saturated carbocycles. The van der Waals surface area contributed by atoms with Gasteiger partial charge in [-0.2, -0.15) is 0 Å². The number of aliphatic hydroxyl groups excluding tert-OH is 1. The van der Waals surface area contributed by atoms with Gasteiger partial charge in [0.15, 0.2) is 0 Å². The first-order chi connectivity index (χ1) is 9.52. The third-order valence-electron chi connectivity index (χ3n) is 4.69. The van der Waals surface area contributed by atoms with Crippen molar-refractivity contribution < 1.29 is 14.8 Å². The summed E-state index contributed by atoms with van der Waals surface area (Å²) in [5.41, 5.74) is 3.02. The maximum Gasteiger partial charge on any atom is 0.257 e. The second kappa shape index (κ2) is 4.63. The van der Waals surface area contributed by atoms with Gasteiger partial charge in [0.05, 0.1) is 12.6 Å². The number of allylic oxidation sites excluding steroid dienone is 1. The van der Waals surface area contributed by atoms with Crippen LogP contribution in [0.5, 0.6) is 0 Å². The molecule has 0 saturated heterocycles. The lowest BCUT2D eigenvalue weighted by atomic mass is 9.88. The van der Waals surface area contributed by atoms with Crippen molar-refractivity contribution in [2.45, 2.75) is 32.4 Å². The van der Waals surface area contributed by atoms with Crippen molar-refractivity contribution in [3.63, 3.8) is 0 Å². The van der Waals surface area contributed by atoms with Gasteiger partial charge in [-0.15, -0.1) is 0 Å². The Balaban J connectivity index is 2.05. The zero-order valence-electron chi connectivity index (χ0n) is 12.1. The summed E-state index contributed by atoms with van der Waals surface area (Å²) in [7, 11) is 2.08. The highest BCUT2D eigenvalue weighted by Gasteiger charge is 2.44. The molecular formula is C16H21N2O2+. The number of quaternary nitrogens is 1. The molecule has 2 aliphatic heterocycles. The van der Waals surface area contributed by atoms with E-state index in [1.165, 1.54) is 4.90 Å². The van der Waals surface area contributed by atoms with Crippen molar-refractivity contribution in [3.8, 4) is 0 Å². The average Bonchev–Trinajstić information content (AvgIpc) is 2.77. The molecule has 1 amide bonds. The van der Waals surface area contributed by atoms with E-state index in [1.807, 2.05) is 18.2 Å². The highest BCUT2D eigenvalue weighted by molar-refractivity contribution is 6.00. The number of fused-ring (bicyclic) bond motifs is 1. The van der Waals surface area contributed by atoms with Crippen LogP contribution in [-0.2, 0) is 4.79 Å². The second-order valence-electron chi connectivity index (χ2n) is 5.89. The van der Waals surface area contributed by atoms with Crippen molar-refractivity contribution in [1.29, 1.82) is 0 Å². The van der Waals surface area contributed by atoms with Gasteiger partial charge in [0.1, 0.15) is 23.5 Å². The number of nitrogens with one attached hydrogen (secondary N) is 2. The van der Waals surface area contributed by atoms with E-state index >= 15 is 0 Å². The lowest BCUT2D eigenvalue weighted by Crippen LogP contribution is -3.12. The molecule has 4 heteroatoms. The average molecular weight is 273 g/mol. The number of hydrogen-bond acceptors (Lipinski definition) is 2. The van der Waals surface area contributed by atoms with Crippen LogP contribution in [0.4, 0.5) is 0 Å². The van der Waals surface area contributed by atoms with Crippen LogP contribution in [-0.4, -0.2) is 30.1 Å². The Hall–Kier alpha value is -1.81. The molecule has 0 bridgehead atoms. The highest BCUT2D eigenvalue weighted by Crippen LogP contribution is 2.28. The third-order valence-corrected chi connectivity index (χ3v) is 4.69. The van der Waals surface area contributed by atoms with Gasteiger partial charge in [0.2, 0.25) is 0 Å². The highest BCUT2D eigenvalue weighted by atomic mass is 16.3. The van der Waals surface area contributed by atoms with Crippen LogP contribution in [0.3, 0.4) is 0 Å². The normalized spacial score (nSPS) is 33.1. The molecule has 106 valence electrons. The quantitative estimate of drug-likeness (QED) is 0.691. The molecule has 3 aliphatic rings. The molecule has 20 heavy (non-hydrogen) atoms. The van der Waals surface area contributed by atoms with Crippen molar-refractivity contribution in [2.24, 2.45) is 5.92 Å². The Morgan fingerprint density at radius 1 is 1.45 bits per heavy atom. The Kier molecular flexibility index (Phi) is 3.05. The van der Waals surface area contributed by atoms with Crippen molar-refractivity contribution in [2.75, 3.05) is 7.05 Å². The van der Waals surface area contributed by atoms with Crippen LogP contribution in [0.1, 0.15) is 20.3 Å². The van der Waals surface area contributed by atoms with Crippen molar-refractivity contribution >= 4 is 5.91 Å². The lowest BCUT2D eigenvalue weighted by Gasteiger charge is -2.32.